The van der Waals surface area contributed by atoms with E-state index in [-0.39, 0.29) is 16.9 Å². The quantitative estimate of drug-likeness (QED) is 0.597. The molecule has 0 saturated heterocycles. The molecule has 0 N–H and O–H groups in total. The second kappa shape index (κ2) is 6.76. The van der Waals surface area contributed by atoms with Crippen molar-refractivity contribution in [3.05, 3.63) is 35.4 Å². The Morgan fingerprint density at radius 1 is 1.19 bits per heavy atom. The van der Waals surface area contributed by atoms with Crippen LogP contribution in [0, 0.1) is 5.92 Å². The summed E-state index contributed by atoms with van der Waals surface area (Å²) in [4.78, 5) is 40.6. The molecule has 0 spiro atoms. The maximum Gasteiger partial charge on any atom is 0.343 e. The van der Waals surface area contributed by atoms with Gasteiger partial charge in [-0.2, -0.15) is 11.8 Å². The van der Waals surface area contributed by atoms with E-state index in [0.717, 1.165) is 12.2 Å². The Hall–Kier alpha value is -1.82. The summed E-state index contributed by atoms with van der Waals surface area (Å²) in [6.45, 7) is 4.22. The zero-order chi connectivity index (χ0) is 15.4. The van der Waals surface area contributed by atoms with E-state index >= 15 is 0 Å². The molecule has 0 radical (unpaired) electrons. The Bertz CT molecular complexity index is 536. The molecule has 0 fully saturated rings. The molecule has 0 atom stereocenters. The lowest BCUT2D eigenvalue weighted by Crippen LogP contribution is -2.33. The van der Waals surface area contributed by atoms with Crippen LogP contribution in [0.4, 0.5) is 0 Å². The van der Waals surface area contributed by atoms with Gasteiger partial charge in [0.15, 0.2) is 0 Å². The number of hydroxylamine groups is 2. The monoisotopic (exact) mass is 307 g/mol. The van der Waals surface area contributed by atoms with E-state index in [4.69, 9.17) is 4.84 Å². The molecular weight excluding hydrogens is 290 g/mol. The third kappa shape index (κ3) is 3.64. The lowest BCUT2D eigenvalue weighted by molar-refractivity contribution is -0.165. The van der Waals surface area contributed by atoms with Gasteiger partial charge in [-0.1, -0.05) is 31.0 Å². The minimum atomic E-state index is -0.587. The fourth-order valence-corrected chi connectivity index (χ4v) is 2.85. The Morgan fingerprint density at radius 3 is 2.29 bits per heavy atom. The first-order valence-electron chi connectivity index (χ1n) is 6.77. The first-order chi connectivity index (χ1) is 10.0. The van der Waals surface area contributed by atoms with Crippen LogP contribution in [0.5, 0.6) is 0 Å². The number of fused-ring (bicyclic) bond motifs is 1. The third-order valence-electron chi connectivity index (χ3n) is 3.01. The molecule has 6 heteroatoms. The molecule has 0 aliphatic carbocycles. The van der Waals surface area contributed by atoms with Gasteiger partial charge in [-0.25, -0.2) is 4.79 Å². The van der Waals surface area contributed by atoms with Crippen LogP contribution in [0.15, 0.2) is 24.3 Å². The van der Waals surface area contributed by atoms with Gasteiger partial charge in [-0.3, -0.25) is 9.59 Å². The summed E-state index contributed by atoms with van der Waals surface area (Å²) in [5, 5.41) is 0.552. The van der Waals surface area contributed by atoms with E-state index in [0.29, 0.717) is 11.0 Å². The first kappa shape index (κ1) is 15.6. The van der Waals surface area contributed by atoms with E-state index in [1.165, 1.54) is 11.8 Å². The first-order valence-corrected chi connectivity index (χ1v) is 7.92. The highest BCUT2D eigenvalue weighted by Gasteiger charge is 2.38. The van der Waals surface area contributed by atoms with Crippen molar-refractivity contribution in [3.63, 3.8) is 0 Å². The molecule has 1 aromatic rings. The fraction of sp³-hybridized carbons (Fsp3) is 0.400. The van der Waals surface area contributed by atoms with Crippen molar-refractivity contribution < 1.29 is 19.2 Å². The van der Waals surface area contributed by atoms with Crippen molar-refractivity contribution in [1.29, 1.82) is 0 Å². The average molecular weight is 307 g/mol. The standard InChI is InChI=1S/C15H17NO4S/c1-10(2)7-8-21-9-13(17)20-16-14(18)11-5-3-4-6-12(11)15(16)19/h3-6,10H,7-9H2,1-2H3. The summed E-state index contributed by atoms with van der Waals surface area (Å²) in [6, 6.07) is 6.41. The van der Waals surface area contributed by atoms with Gasteiger partial charge in [-0.05, 0) is 30.2 Å². The van der Waals surface area contributed by atoms with Crippen molar-refractivity contribution in [3.8, 4) is 0 Å². The Labute approximate surface area is 127 Å². The minimum Gasteiger partial charge on any atom is -0.329 e. The summed E-state index contributed by atoms with van der Waals surface area (Å²) in [5.41, 5.74) is 0.533. The molecule has 1 aliphatic heterocycles. The highest BCUT2D eigenvalue weighted by atomic mass is 32.2. The van der Waals surface area contributed by atoms with Crippen LogP contribution in [0.1, 0.15) is 41.0 Å². The Morgan fingerprint density at radius 2 is 1.76 bits per heavy atom. The highest BCUT2D eigenvalue weighted by molar-refractivity contribution is 7.99. The summed E-state index contributed by atoms with van der Waals surface area (Å²) >= 11 is 1.44. The molecule has 112 valence electrons. The van der Waals surface area contributed by atoms with Crippen LogP contribution in [0.3, 0.4) is 0 Å². The van der Waals surface area contributed by atoms with Gasteiger partial charge in [0.25, 0.3) is 11.8 Å². The van der Waals surface area contributed by atoms with Crippen LogP contribution in [0.25, 0.3) is 0 Å². The molecule has 0 bridgehead atoms. The summed E-state index contributed by atoms with van der Waals surface area (Å²) in [5.74, 6) is -0.218. The SMILES string of the molecule is CC(C)CCSCC(=O)ON1C(=O)c2ccccc2C1=O. The van der Waals surface area contributed by atoms with E-state index in [1.54, 1.807) is 24.3 Å². The second-order valence-corrected chi connectivity index (χ2v) is 6.25. The summed E-state index contributed by atoms with van der Waals surface area (Å²) in [7, 11) is 0. The topological polar surface area (TPSA) is 63.7 Å². The number of hydrogen-bond acceptors (Lipinski definition) is 5. The lowest BCUT2D eigenvalue weighted by atomic mass is 10.1. The van der Waals surface area contributed by atoms with Crippen molar-refractivity contribution in [2.24, 2.45) is 5.92 Å². The molecule has 0 saturated carbocycles. The zero-order valence-electron chi connectivity index (χ0n) is 12.0. The maximum absolute atomic E-state index is 12.0. The van der Waals surface area contributed by atoms with Gasteiger partial charge in [0.05, 0.1) is 16.9 Å². The number of benzene rings is 1. The minimum absolute atomic E-state index is 0.125. The number of carbonyl (C=O) groups excluding carboxylic acids is 3. The molecule has 1 aromatic carbocycles. The van der Waals surface area contributed by atoms with Crippen LogP contribution < -0.4 is 0 Å². The van der Waals surface area contributed by atoms with Crippen LogP contribution in [0.2, 0.25) is 0 Å². The number of hydrogen-bond donors (Lipinski definition) is 0. The van der Waals surface area contributed by atoms with Crippen molar-refractivity contribution in [1.82, 2.24) is 5.06 Å². The molecule has 21 heavy (non-hydrogen) atoms. The van der Waals surface area contributed by atoms with E-state index in [9.17, 15) is 14.4 Å². The fourth-order valence-electron chi connectivity index (χ4n) is 1.85. The third-order valence-corrected chi connectivity index (χ3v) is 3.97. The number of imide groups is 1. The maximum atomic E-state index is 12.0. The number of carbonyl (C=O) groups is 3. The van der Waals surface area contributed by atoms with Crippen molar-refractivity contribution >= 4 is 29.5 Å². The van der Waals surface area contributed by atoms with Gasteiger partial charge >= 0.3 is 5.97 Å². The van der Waals surface area contributed by atoms with E-state index in [1.807, 2.05) is 0 Å². The average Bonchev–Trinajstić information content (AvgIpc) is 2.69. The lowest BCUT2D eigenvalue weighted by Gasteiger charge is -2.12. The number of amides is 2. The molecule has 0 unspecified atom stereocenters. The summed E-state index contributed by atoms with van der Waals surface area (Å²) < 4.78 is 0. The molecule has 0 aromatic heterocycles. The van der Waals surface area contributed by atoms with Crippen LogP contribution in [-0.4, -0.2) is 34.4 Å². The van der Waals surface area contributed by atoms with Crippen molar-refractivity contribution in [2.75, 3.05) is 11.5 Å². The molecule has 1 heterocycles. The normalized spacial score (nSPS) is 13.8. The van der Waals surface area contributed by atoms with Gasteiger partial charge < -0.3 is 4.84 Å². The van der Waals surface area contributed by atoms with Crippen LogP contribution >= 0.6 is 11.8 Å². The molecular formula is C15H17NO4S. The number of rotatable bonds is 6. The van der Waals surface area contributed by atoms with Gasteiger partial charge in [0.1, 0.15) is 0 Å². The number of nitrogens with zero attached hydrogens (tertiary/aromatic N) is 1. The second-order valence-electron chi connectivity index (χ2n) is 5.15. The molecule has 2 amide bonds. The predicted octanol–water partition coefficient (Wildman–Crippen LogP) is 2.52. The molecule has 1 aliphatic rings. The highest BCUT2D eigenvalue weighted by Crippen LogP contribution is 2.23. The van der Waals surface area contributed by atoms with Gasteiger partial charge in [-0.15, -0.1) is 0 Å². The van der Waals surface area contributed by atoms with Gasteiger partial charge in [0.2, 0.25) is 0 Å². The van der Waals surface area contributed by atoms with Crippen molar-refractivity contribution in [2.45, 2.75) is 20.3 Å². The molecule has 5 nitrogen and oxygen atoms in total. The Balaban J connectivity index is 1.88. The van der Waals surface area contributed by atoms with E-state index in [2.05, 4.69) is 13.8 Å². The Kier molecular flexibility index (Phi) is 5.01. The molecule has 2 rings (SSSR count). The predicted molar refractivity (Wildman–Crippen MR) is 79.8 cm³/mol. The number of thioether (sulfide) groups is 1. The van der Waals surface area contributed by atoms with E-state index < -0.39 is 17.8 Å². The summed E-state index contributed by atoms with van der Waals surface area (Å²) in [6.07, 6.45) is 1.00. The smallest absolute Gasteiger partial charge is 0.329 e. The zero-order valence-corrected chi connectivity index (χ0v) is 12.8. The van der Waals surface area contributed by atoms with Gasteiger partial charge in [0, 0.05) is 0 Å². The largest absolute Gasteiger partial charge is 0.343 e. The van der Waals surface area contributed by atoms with Crippen LogP contribution in [-0.2, 0) is 9.63 Å².